The van der Waals surface area contributed by atoms with Gasteiger partial charge in [0.1, 0.15) is 0 Å². The zero-order valence-corrected chi connectivity index (χ0v) is 11.0. The molecule has 3 N–H and O–H groups in total. The maximum atomic E-state index is 11.9. The van der Waals surface area contributed by atoms with E-state index >= 15 is 0 Å². The van der Waals surface area contributed by atoms with Crippen molar-refractivity contribution in [1.82, 2.24) is 9.88 Å². The van der Waals surface area contributed by atoms with Crippen LogP contribution in [-0.4, -0.2) is 46.5 Å². The summed E-state index contributed by atoms with van der Waals surface area (Å²) < 4.78 is 0. The molecule has 1 unspecified atom stereocenters. The van der Waals surface area contributed by atoms with Crippen LogP contribution in [0.5, 0.6) is 0 Å². The molecular weight excluding hydrogens is 246 g/mol. The Morgan fingerprint density at radius 2 is 2.05 bits per heavy atom. The fraction of sp³-hybridized carbons (Fsp3) is 0.462. The molecule has 0 aliphatic rings. The second-order valence-corrected chi connectivity index (χ2v) is 4.40. The molecule has 0 saturated carbocycles. The molecule has 0 bridgehead atoms. The van der Waals surface area contributed by atoms with Gasteiger partial charge in [-0.2, -0.15) is 0 Å². The first-order chi connectivity index (χ1) is 9.00. The molecule has 0 fully saturated rings. The van der Waals surface area contributed by atoms with Crippen molar-refractivity contribution < 1.29 is 14.7 Å². The third-order valence-corrected chi connectivity index (χ3v) is 2.85. The Morgan fingerprint density at radius 1 is 1.42 bits per heavy atom. The predicted octanol–water partition coefficient (Wildman–Crippen LogP) is 0.275. The number of aromatic nitrogens is 1. The minimum Gasteiger partial charge on any atom is -0.481 e. The van der Waals surface area contributed by atoms with Crippen molar-refractivity contribution in [1.29, 1.82) is 0 Å². The number of carbonyl (C=O) groups excluding carboxylic acids is 1. The standard InChI is InChI=1S/C13H19N3O3/c1-16(9-6-10-4-7-15-8-5-10)13(19)11(14)2-3-12(17)18/h4-5,7-8,11H,2-3,6,9,14H2,1H3,(H,17,18). The first kappa shape index (κ1) is 15.1. The summed E-state index contributed by atoms with van der Waals surface area (Å²) in [5.41, 5.74) is 6.76. The lowest BCUT2D eigenvalue weighted by atomic mass is 10.1. The molecule has 0 spiro atoms. The van der Waals surface area contributed by atoms with Gasteiger partial charge < -0.3 is 15.7 Å². The van der Waals surface area contributed by atoms with Crippen molar-refractivity contribution in [2.24, 2.45) is 5.73 Å². The van der Waals surface area contributed by atoms with E-state index in [9.17, 15) is 9.59 Å². The molecule has 0 radical (unpaired) electrons. The van der Waals surface area contributed by atoms with Gasteiger partial charge in [-0.05, 0) is 30.5 Å². The lowest BCUT2D eigenvalue weighted by Gasteiger charge is -2.21. The number of likely N-dealkylation sites (N-methyl/N-ethyl adjacent to an activating group) is 1. The average Bonchev–Trinajstić information content (AvgIpc) is 2.42. The summed E-state index contributed by atoms with van der Waals surface area (Å²) in [6.45, 7) is 0.545. The van der Waals surface area contributed by atoms with Gasteiger partial charge in [-0.1, -0.05) is 0 Å². The topological polar surface area (TPSA) is 96.5 Å². The molecule has 1 aromatic rings. The zero-order chi connectivity index (χ0) is 14.3. The molecule has 19 heavy (non-hydrogen) atoms. The highest BCUT2D eigenvalue weighted by molar-refractivity contribution is 5.82. The van der Waals surface area contributed by atoms with E-state index in [-0.39, 0.29) is 18.7 Å². The maximum absolute atomic E-state index is 11.9. The number of rotatable bonds is 7. The third kappa shape index (κ3) is 5.48. The number of amides is 1. The summed E-state index contributed by atoms with van der Waals surface area (Å²) in [6.07, 6.45) is 4.20. The van der Waals surface area contributed by atoms with Crippen LogP contribution in [0, 0.1) is 0 Å². The first-order valence-electron chi connectivity index (χ1n) is 6.12. The van der Waals surface area contributed by atoms with E-state index in [1.54, 1.807) is 19.4 Å². The number of hydrogen-bond donors (Lipinski definition) is 2. The molecule has 1 heterocycles. The Balaban J connectivity index is 2.38. The van der Waals surface area contributed by atoms with Crippen LogP contribution in [0.3, 0.4) is 0 Å². The molecule has 0 aliphatic heterocycles. The van der Waals surface area contributed by atoms with Crippen LogP contribution in [-0.2, 0) is 16.0 Å². The molecular formula is C13H19N3O3. The molecule has 6 nitrogen and oxygen atoms in total. The fourth-order valence-electron chi connectivity index (χ4n) is 1.64. The summed E-state index contributed by atoms with van der Waals surface area (Å²) in [4.78, 5) is 27.7. The summed E-state index contributed by atoms with van der Waals surface area (Å²) >= 11 is 0. The second-order valence-electron chi connectivity index (χ2n) is 4.40. The number of nitrogens with zero attached hydrogens (tertiary/aromatic N) is 2. The minimum atomic E-state index is -0.942. The van der Waals surface area contributed by atoms with Crippen molar-refractivity contribution in [2.45, 2.75) is 25.3 Å². The Morgan fingerprint density at radius 3 is 2.63 bits per heavy atom. The van der Waals surface area contributed by atoms with Crippen molar-refractivity contribution in [3.63, 3.8) is 0 Å². The van der Waals surface area contributed by atoms with E-state index in [1.165, 1.54) is 4.90 Å². The lowest BCUT2D eigenvalue weighted by molar-refractivity contribution is -0.137. The Hall–Kier alpha value is -1.95. The van der Waals surface area contributed by atoms with Gasteiger partial charge in [-0.15, -0.1) is 0 Å². The first-order valence-corrected chi connectivity index (χ1v) is 6.12. The molecule has 1 rings (SSSR count). The molecule has 0 saturated heterocycles. The van der Waals surface area contributed by atoms with Gasteiger partial charge in [0.05, 0.1) is 6.04 Å². The van der Waals surface area contributed by atoms with Crippen molar-refractivity contribution in [3.05, 3.63) is 30.1 Å². The van der Waals surface area contributed by atoms with E-state index < -0.39 is 12.0 Å². The quantitative estimate of drug-likeness (QED) is 0.738. The van der Waals surface area contributed by atoms with Crippen molar-refractivity contribution in [2.75, 3.05) is 13.6 Å². The number of nitrogens with two attached hydrogens (primary N) is 1. The largest absolute Gasteiger partial charge is 0.481 e. The molecule has 1 amide bonds. The third-order valence-electron chi connectivity index (χ3n) is 2.85. The van der Waals surface area contributed by atoms with Gasteiger partial charge in [0, 0.05) is 32.4 Å². The molecule has 6 heteroatoms. The number of carbonyl (C=O) groups is 2. The summed E-state index contributed by atoms with van der Waals surface area (Å²) in [5, 5.41) is 8.55. The zero-order valence-electron chi connectivity index (χ0n) is 11.0. The van der Waals surface area contributed by atoms with Crippen molar-refractivity contribution >= 4 is 11.9 Å². The van der Waals surface area contributed by atoms with Crippen LogP contribution in [0.15, 0.2) is 24.5 Å². The van der Waals surface area contributed by atoms with E-state index in [0.29, 0.717) is 6.54 Å². The Bertz CT molecular complexity index is 422. The van der Waals surface area contributed by atoms with Gasteiger partial charge in [0.25, 0.3) is 0 Å². The van der Waals surface area contributed by atoms with Crippen molar-refractivity contribution in [3.8, 4) is 0 Å². The predicted molar refractivity (Wildman–Crippen MR) is 70.4 cm³/mol. The SMILES string of the molecule is CN(CCc1ccncc1)C(=O)C(N)CCC(=O)O. The number of carboxylic acid groups (broad SMARTS) is 1. The van der Waals surface area contributed by atoms with Gasteiger partial charge in [-0.25, -0.2) is 0 Å². The average molecular weight is 265 g/mol. The molecule has 0 aromatic carbocycles. The van der Waals surface area contributed by atoms with Crippen LogP contribution in [0.1, 0.15) is 18.4 Å². The number of carboxylic acids is 1. The van der Waals surface area contributed by atoms with E-state index in [0.717, 1.165) is 12.0 Å². The highest BCUT2D eigenvalue weighted by atomic mass is 16.4. The summed E-state index contributed by atoms with van der Waals surface area (Å²) in [6, 6.07) is 3.03. The molecule has 0 aliphatic carbocycles. The van der Waals surface area contributed by atoms with Crippen LogP contribution in [0.4, 0.5) is 0 Å². The summed E-state index contributed by atoms with van der Waals surface area (Å²) in [5.74, 6) is -1.17. The Labute approximate surface area is 112 Å². The molecule has 1 aromatic heterocycles. The van der Waals surface area contributed by atoms with Gasteiger partial charge in [0.15, 0.2) is 0 Å². The minimum absolute atomic E-state index is 0.0922. The van der Waals surface area contributed by atoms with Gasteiger partial charge in [-0.3, -0.25) is 14.6 Å². The van der Waals surface area contributed by atoms with E-state index in [2.05, 4.69) is 4.98 Å². The van der Waals surface area contributed by atoms with Crippen LogP contribution in [0.25, 0.3) is 0 Å². The van der Waals surface area contributed by atoms with Crippen LogP contribution >= 0.6 is 0 Å². The smallest absolute Gasteiger partial charge is 0.303 e. The van der Waals surface area contributed by atoms with E-state index in [1.807, 2.05) is 12.1 Å². The van der Waals surface area contributed by atoms with Gasteiger partial charge >= 0.3 is 5.97 Å². The highest BCUT2D eigenvalue weighted by Gasteiger charge is 2.18. The fourth-order valence-corrected chi connectivity index (χ4v) is 1.64. The number of hydrogen-bond acceptors (Lipinski definition) is 4. The Kier molecular flexibility index (Phi) is 5.95. The van der Waals surface area contributed by atoms with Crippen LogP contribution < -0.4 is 5.73 Å². The summed E-state index contributed by atoms with van der Waals surface area (Å²) in [7, 11) is 1.67. The lowest BCUT2D eigenvalue weighted by Crippen LogP contribution is -2.42. The molecule has 1 atom stereocenters. The van der Waals surface area contributed by atoms with Gasteiger partial charge in [0.2, 0.25) is 5.91 Å². The number of pyridine rings is 1. The monoisotopic (exact) mass is 265 g/mol. The molecule has 104 valence electrons. The maximum Gasteiger partial charge on any atom is 0.303 e. The highest BCUT2D eigenvalue weighted by Crippen LogP contribution is 2.02. The normalized spacial score (nSPS) is 11.9. The second kappa shape index (κ2) is 7.48. The van der Waals surface area contributed by atoms with Crippen LogP contribution in [0.2, 0.25) is 0 Å². The van der Waals surface area contributed by atoms with E-state index in [4.69, 9.17) is 10.8 Å². The number of aliphatic carboxylic acids is 1.